The molecule has 106 valence electrons. The molecule has 2 rings (SSSR count). The molecule has 2 aromatic carbocycles. The molecule has 0 aliphatic rings. The van der Waals surface area contributed by atoms with Gasteiger partial charge in [-0.15, -0.1) is 0 Å². The van der Waals surface area contributed by atoms with Gasteiger partial charge < -0.3 is 10.6 Å². The van der Waals surface area contributed by atoms with E-state index < -0.39 is 0 Å². The van der Waals surface area contributed by atoms with Crippen LogP contribution in [0, 0.1) is 6.92 Å². The molecular weight excluding hydrogens is 244 g/mol. The molecule has 2 aromatic rings. The van der Waals surface area contributed by atoms with Gasteiger partial charge in [-0.25, -0.2) is 0 Å². The zero-order valence-electron chi connectivity index (χ0n) is 12.8. The van der Waals surface area contributed by atoms with Crippen molar-refractivity contribution in [1.29, 1.82) is 0 Å². The van der Waals surface area contributed by atoms with Gasteiger partial charge in [0.25, 0.3) is 0 Å². The molecular formula is C18H24N2. The Hall–Kier alpha value is -1.80. The Bertz CT molecular complexity index is 563. The predicted octanol–water partition coefficient (Wildman–Crippen LogP) is 4.45. The van der Waals surface area contributed by atoms with Crippen molar-refractivity contribution in [3.63, 3.8) is 0 Å². The molecule has 0 spiro atoms. The smallest absolute Gasteiger partial charge is 0.0340 e. The Kier molecular flexibility index (Phi) is 4.80. The van der Waals surface area contributed by atoms with Crippen LogP contribution < -0.4 is 10.6 Å². The zero-order chi connectivity index (χ0) is 14.5. The maximum atomic E-state index is 3.66. The van der Waals surface area contributed by atoms with E-state index in [1.54, 1.807) is 0 Å². The van der Waals surface area contributed by atoms with Gasteiger partial charge in [-0.1, -0.05) is 42.0 Å². The predicted molar refractivity (Wildman–Crippen MR) is 87.1 cm³/mol. The molecule has 0 heterocycles. The summed E-state index contributed by atoms with van der Waals surface area (Å²) in [6, 6.07) is 17.9. The maximum Gasteiger partial charge on any atom is 0.0340 e. The van der Waals surface area contributed by atoms with Crippen LogP contribution in [-0.2, 0) is 0 Å². The van der Waals surface area contributed by atoms with Crippen LogP contribution in [0.5, 0.6) is 0 Å². The number of nitrogens with one attached hydrogen (secondary N) is 2. The highest BCUT2D eigenvalue weighted by molar-refractivity contribution is 5.45. The van der Waals surface area contributed by atoms with E-state index in [1.165, 1.54) is 16.7 Å². The van der Waals surface area contributed by atoms with Crippen molar-refractivity contribution in [3.8, 4) is 0 Å². The SMILES string of the molecule is CNc1cccc(C(C)NC(C)c2cccc(C)c2)c1. The lowest BCUT2D eigenvalue weighted by Gasteiger charge is -2.21. The fraction of sp³-hybridized carbons (Fsp3) is 0.333. The Morgan fingerprint density at radius 2 is 1.45 bits per heavy atom. The first kappa shape index (κ1) is 14.6. The third-order valence-electron chi connectivity index (χ3n) is 3.72. The van der Waals surface area contributed by atoms with E-state index in [1.807, 2.05) is 7.05 Å². The Labute approximate surface area is 122 Å². The molecule has 2 N–H and O–H groups in total. The molecule has 0 fully saturated rings. The highest BCUT2D eigenvalue weighted by Crippen LogP contribution is 2.22. The molecule has 0 radical (unpaired) electrons. The number of hydrogen-bond donors (Lipinski definition) is 2. The minimum Gasteiger partial charge on any atom is -0.388 e. The van der Waals surface area contributed by atoms with Crippen molar-refractivity contribution in [2.24, 2.45) is 0 Å². The fourth-order valence-electron chi connectivity index (χ4n) is 2.47. The summed E-state index contributed by atoms with van der Waals surface area (Å²) in [5, 5.41) is 6.85. The Balaban J connectivity index is 2.08. The summed E-state index contributed by atoms with van der Waals surface area (Å²) in [5.41, 5.74) is 5.10. The first-order valence-corrected chi connectivity index (χ1v) is 7.20. The lowest BCUT2D eigenvalue weighted by Crippen LogP contribution is -2.22. The summed E-state index contributed by atoms with van der Waals surface area (Å²) in [6.07, 6.45) is 0. The fourth-order valence-corrected chi connectivity index (χ4v) is 2.47. The third-order valence-corrected chi connectivity index (χ3v) is 3.72. The van der Waals surface area contributed by atoms with Crippen molar-refractivity contribution in [2.75, 3.05) is 12.4 Å². The molecule has 2 nitrogen and oxygen atoms in total. The van der Waals surface area contributed by atoms with E-state index in [2.05, 4.69) is 79.9 Å². The van der Waals surface area contributed by atoms with Crippen LogP contribution in [0.2, 0.25) is 0 Å². The van der Waals surface area contributed by atoms with Crippen LogP contribution in [0.25, 0.3) is 0 Å². The quantitative estimate of drug-likeness (QED) is 0.837. The van der Waals surface area contributed by atoms with Crippen LogP contribution in [0.15, 0.2) is 48.5 Å². The van der Waals surface area contributed by atoms with Crippen LogP contribution in [0.4, 0.5) is 5.69 Å². The van der Waals surface area contributed by atoms with Crippen LogP contribution in [-0.4, -0.2) is 7.05 Å². The van der Waals surface area contributed by atoms with E-state index in [4.69, 9.17) is 0 Å². The van der Waals surface area contributed by atoms with E-state index in [0.29, 0.717) is 12.1 Å². The molecule has 0 saturated heterocycles. The van der Waals surface area contributed by atoms with Gasteiger partial charge in [0.15, 0.2) is 0 Å². The monoisotopic (exact) mass is 268 g/mol. The molecule has 0 amide bonds. The average molecular weight is 268 g/mol. The van der Waals surface area contributed by atoms with Gasteiger partial charge in [-0.2, -0.15) is 0 Å². The topological polar surface area (TPSA) is 24.1 Å². The number of rotatable bonds is 5. The van der Waals surface area contributed by atoms with Crippen LogP contribution in [0.1, 0.15) is 42.6 Å². The maximum absolute atomic E-state index is 3.66. The van der Waals surface area contributed by atoms with Crippen molar-refractivity contribution in [1.82, 2.24) is 5.32 Å². The van der Waals surface area contributed by atoms with Crippen LogP contribution >= 0.6 is 0 Å². The van der Waals surface area contributed by atoms with Crippen molar-refractivity contribution < 1.29 is 0 Å². The summed E-state index contributed by atoms with van der Waals surface area (Å²) >= 11 is 0. The van der Waals surface area contributed by atoms with E-state index in [0.717, 1.165) is 5.69 Å². The minimum atomic E-state index is 0.318. The normalized spacial score (nSPS) is 13.8. The summed E-state index contributed by atoms with van der Waals surface area (Å²) in [7, 11) is 1.95. The summed E-state index contributed by atoms with van der Waals surface area (Å²) < 4.78 is 0. The minimum absolute atomic E-state index is 0.318. The van der Waals surface area contributed by atoms with Gasteiger partial charge in [0.1, 0.15) is 0 Å². The largest absolute Gasteiger partial charge is 0.388 e. The standard InChI is InChI=1S/C18H24N2/c1-13-7-5-8-16(11-13)14(2)20-15(3)17-9-6-10-18(12-17)19-4/h5-12,14-15,19-20H,1-4H3. The molecule has 2 heteroatoms. The number of benzene rings is 2. The van der Waals surface area contributed by atoms with Gasteiger partial charge in [-0.3, -0.25) is 0 Å². The average Bonchev–Trinajstić information content (AvgIpc) is 2.47. The van der Waals surface area contributed by atoms with Gasteiger partial charge in [0.2, 0.25) is 0 Å². The molecule has 2 atom stereocenters. The number of anilines is 1. The van der Waals surface area contributed by atoms with Gasteiger partial charge in [0.05, 0.1) is 0 Å². The summed E-state index contributed by atoms with van der Waals surface area (Å²) in [4.78, 5) is 0. The van der Waals surface area contributed by atoms with Crippen molar-refractivity contribution in [2.45, 2.75) is 32.9 Å². The zero-order valence-corrected chi connectivity index (χ0v) is 12.8. The second-order valence-corrected chi connectivity index (χ2v) is 5.40. The Morgan fingerprint density at radius 1 is 0.850 bits per heavy atom. The molecule has 0 aromatic heterocycles. The number of hydrogen-bond acceptors (Lipinski definition) is 2. The second kappa shape index (κ2) is 6.58. The highest BCUT2D eigenvalue weighted by Gasteiger charge is 2.11. The second-order valence-electron chi connectivity index (χ2n) is 5.40. The lowest BCUT2D eigenvalue weighted by atomic mass is 10.0. The van der Waals surface area contributed by atoms with Gasteiger partial charge in [-0.05, 0) is 44.0 Å². The third kappa shape index (κ3) is 3.61. The van der Waals surface area contributed by atoms with E-state index >= 15 is 0 Å². The van der Waals surface area contributed by atoms with E-state index in [-0.39, 0.29) is 0 Å². The van der Waals surface area contributed by atoms with Gasteiger partial charge >= 0.3 is 0 Å². The first-order chi connectivity index (χ1) is 9.60. The molecule has 20 heavy (non-hydrogen) atoms. The van der Waals surface area contributed by atoms with Crippen molar-refractivity contribution in [3.05, 3.63) is 65.2 Å². The molecule has 0 bridgehead atoms. The van der Waals surface area contributed by atoms with Crippen molar-refractivity contribution >= 4 is 5.69 Å². The van der Waals surface area contributed by atoms with E-state index in [9.17, 15) is 0 Å². The van der Waals surface area contributed by atoms with Crippen LogP contribution in [0.3, 0.4) is 0 Å². The molecule has 2 unspecified atom stereocenters. The first-order valence-electron chi connectivity index (χ1n) is 7.20. The lowest BCUT2D eigenvalue weighted by molar-refractivity contribution is 0.494. The molecule has 0 aliphatic carbocycles. The molecule has 0 aliphatic heterocycles. The Morgan fingerprint density at radius 3 is 2.05 bits per heavy atom. The van der Waals surface area contributed by atoms with Gasteiger partial charge in [0, 0.05) is 24.8 Å². The highest BCUT2D eigenvalue weighted by atomic mass is 14.9. The molecule has 0 saturated carbocycles. The summed E-state index contributed by atoms with van der Waals surface area (Å²) in [6.45, 7) is 6.56. The summed E-state index contributed by atoms with van der Waals surface area (Å²) in [5.74, 6) is 0. The number of aryl methyl sites for hydroxylation is 1.